The minimum atomic E-state index is -0.949. The van der Waals surface area contributed by atoms with Crippen LogP contribution in [0.4, 0.5) is 5.69 Å². The maximum Gasteiger partial charge on any atom is 0.169 e. The number of hydrogen-bond acceptors (Lipinski definition) is 1. The molecule has 108 valence electrons. The third-order valence-electron chi connectivity index (χ3n) is 4.03. The molecule has 2 aromatic carbocycles. The fraction of sp³-hybridized carbons (Fsp3) is 0.294. The average Bonchev–Trinajstić information content (AvgIpc) is 2.70. The van der Waals surface area contributed by atoms with Gasteiger partial charge in [-0.3, -0.25) is 0 Å². The molecule has 0 aliphatic heterocycles. The predicted octanol–water partition coefficient (Wildman–Crippen LogP) is 5.19. The van der Waals surface area contributed by atoms with Gasteiger partial charge in [-0.05, 0) is 37.1 Å². The van der Waals surface area contributed by atoms with Crippen molar-refractivity contribution < 1.29 is 26.2 Å². The van der Waals surface area contributed by atoms with E-state index in [1.165, 1.54) is 5.69 Å². The van der Waals surface area contributed by atoms with E-state index in [1.54, 1.807) is 0 Å². The maximum absolute atomic E-state index is 6.64. The standard InChI is InChI=1S/C17H17Cl2N.Zr/c1-3-20(4-2)12-9-10-14-13-7-5-6-8-15(13)17(18,19)16(14)11-12;/h5-11H,3-4H2,1-2H3;. The first-order valence-electron chi connectivity index (χ1n) is 6.96. The van der Waals surface area contributed by atoms with Gasteiger partial charge in [0.2, 0.25) is 0 Å². The van der Waals surface area contributed by atoms with Gasteiger partial charge in [0, 0.05) is 56.1 Å². The first kappa shape index (κ1) is 17.1. The van der Waals surface area contributed by atoms with Crippen molar-refractivity contribution >= 4 is 28.9 Å². The molecule has 0 atom stereocenters. The zero-order chi connectivity index (χ0) is 14.3. The van der Waals surface area contributed by atoms with Crippen LogP contribution in [0.5, 0.6) is 0 Å². The molecule has 0 fully saturated rings. The summed E-state index contributed by atoms with van der Waals surface area (Å²) in [5, 5.41) is 0. The number of alkyl halides is 2. The van der Waals surface area contributed by atoms with Gasteiger partial charge < -0.3 is 4.90 Å². The summed E-state index contributed by atoms with van der Waals surface area (Å²) in [4.78, 5) is 2.30. The topological polar surface area (TPSA) is 3.24 Å². The van der Waals surface area contributed by atoms with E-state index < -0.39 is 4.33 Å². The van der Waals surface area contributed by atoms with Gasteiger partial charge in [0.25, 0.3) is 0 Å². The summed E-state index contributed by atoms with van der Waals surface area (Å²) in [5.41, 5.74) is 5.42. The molecule has 2 aromatic rings. The van der Waals surface area contributed by atoms with Crippen molar-refractivity contribution in [3.05, 3.63) is 53.6 Å². The Morgan fingerprint density at radius 2 is 1.52 bits per heavy atom. The summed E-state index contributed by atoms with van der Waals surface area (Å²) in [7, 11) is 0. The molecule has 1 aliphatic carbocycles. The van der Waals surface area contributed by atoms with E-state index in [0.29, 0.717) is 0 Å². The third-order valence-corrected chi connectivity index (χ3v) is 4.84. The molecule has 0 heterocycles. The van der Waals surface area contributed by atoms with E-state index in [1.807, 2.05) is 18.2 Å². The number of hydrogen-bond donors (Lipinski definition) is 0. The Kier molecular flexibility index (Phi) is 5.24. The van der Waals surface area contributed by atoms with Gasteiger partial charge >= 0.3 is 0 Å². The van der Waals surface area contributed by atoms with Gasteiger partial charge in [-0.25, -0.2) is 0 Å². The van der Waals surface area contributed by atoms with E-state index in [4.69, 9.17) is 23.2 Å². The molecule has 1 nitrogen and oxygen atoms in total. The SMILES string of the molecule is CCN(CC)c1ccc2c(c1)C(Cl)(Cl)c1ccccc1-2.[Zr]. The number of rotatable bonds is 3. The summed E-state index contributed by atoms with van der Waals surface area (Å²) in [6, 6.07) is 14.5. The van der Waals surface area contributed by atoms with E-state index in [-0.39, 0.29) is 26.2 Å². The number of anilines is 1. The van der Waals surface area contributed by atoms with Crippen molar-refractivity contribution in [1.29, 1.82) is 0 Å². The Morgan fingerprint density at radius 3 is 2.19 bits per heavy atom. The van der Waals surface area contributed by atoms with Crippen LogP contribution in [0, 0.1) is 0 Å². The van der Waals surface area contributed by atoms with E-state index in [2.05, 4.69) is 43.0 Å². The molecule has 0 amide bonds. The summed E-state index contributed by atoms with van der Waals surface area (Å²) in [6.07, 6.45) is 0. The monoisotopic (exact) mass is 395 g/mol. The Morgan fingerprint density at radius 1 is 0.905 bits per heavy atom. The van der Waals surface area contributed by atoms with Crippen molar-refractivity contribution in [1.82, 2.24) is 0 Å². The van der Waals surface area contributed by atoms with E-state index in [0.717, 1.165) is 35.3 Å². The second-order valence-electron chi connectivity index (χ2n) is 5.02. The van der Waals surface area contributed by atoms with Gasteiger partial charge in [0.15, 0.2) is 4.33 Å². The normalized spacial score (nSPS) is 14.1. The fourth-order valence-electron chi connectivity index (χ4n) is 2.95. The summed E-state index contributed by atoms with van der Waals surface area (Å²) in [6.45, 7) is 6.25. The smallest absolute Gasteiger partial charge is 0.169 e. The largest absolute Gasteiger partial charge is 0.372 e. The molecule has 0 spiro atoms. The summed E-state index contributed by atoms with van der Waals surface area (Å²) >= 11 is 13.3. The van der Waals surface area contributed by atoms with Crippen molar-refractivity contribution in [3.63, 3.8) is 0 Å². The van der Waals surface area contributed by atoms with Crippen molar-refractivity contribution in [3.8, 4) is 11.1 Å². The minimum Gasteiger partial charge on any atom is -0.372 e. The Labute approximate surface area is 155 Å². The molecule has 0 N–H and O–H groups in total. The third kappa shape index (κ3) is 2.71. The number of halogens is 2. The number of nitrogens with zero attached hydrogens (tertiary/aromatic N) is 1. The number of benzene rings is 2. The van der Waals surface area contributed by atoms with Crippen molar-refractivity contribution in [2.75, 3.05) is 18.0 Å². The Hall–Kier alpha value is -0.297. The first-order valence-corrected chi connectivity index (χ1v) is 7.72. The molecular weight excluding hydrogens is 380 g/mol. The maximum atomic E-state index is 6.64. The minimum absolute atomic E-state index is 0. The Bertz CT molecular complexity index is 651. The quantitative estimate of drug-likeness (QED) is 0.645. The molecule has 0 radical (unpaired) electrons. The summed E-state index contributed by atoms with van der Waals surface area (Å²) in [5.74, 6) is 0. The average molecular weight is 397 g/mol. The van der Waals surface area contributed by atoms with Gasteiger partial charge in [-0.1, -0.05) is 53.5 Å². The van der Waals surface area contributed by atoms with Crippen LogP contribution in [-0.4, -0.2) is 13.1 Å². The van der Waals surface area contributed by atoms with Crippen LogP contribution < -0.4 is 4.90 Å². The first-order chi connectivity index (χ1) is 9.59. The molecule has 3 rings (SSSR count). The molecule has 0 unspecified atom stereocenters. The Balaban J connectivity index is 0.00000161. The van der Waals surface area contributed by atoms with Crippen LogP contribution in [0.2, 0.25) is 0 Å². The van der Waals surface area contributed by atoms with Gasteiger partial charge in [-0.2, -0.15) is 0 Å². The van der Waals surface area contributed by atoms with Crippen molar-refractivity contribution in [2.45, 2.75) is 18.2 Å². The van der Waals surface area contributed by atoms with Crippen LogP contribution in [0.3, 0.4) is 0 Å². The van der Waals surface area contributed by atoms with Gasteiger partial charge in [0.1, 0.15) is 0 Å². The molecule has 0 saturated carbocycles. The zero-order valence-corrected chi connectivity index (χ0v) is 16.1. The molecule has 1 aliphatic rings. The van der Waals surface area contributed by atoms with Crippen LogP contribution in [0.15, 0.2) is 42.5 Å². The van der Waals surface area contributed by atoms with Gasteiger partial charge in [0.05, 0.1) is 0 Å². The molecule has 4 heteroatoms. The zero-order valence-electron chi connectivity index (χ0n) is 12.2. The van der Waals surface area contributed by atoms with E-state index >= 15 is 0 Å². The summed E-state index contributed by atoms with van der Waals surface area (Å²) < 4.78 is -0.949. The van der Waals surface area contributed by atoms with Crippen LogP contribution >= 0.6 is 23.2 Å². The molecule has 0 bridgehead atoms. The molecular formula is C17H17Cl2NZr. The van der Waals surface area contributed by atoms with Crippen LogP contribution in [-0.2, 0) is 30.5 Å². The second kappa shape index (κ2) is 6.44. The molecule has 0 saturated heterocycles. The van der Waals surface area contributed by atoms with Gasteiger partial charge in [-0.15, -0.1) is 0 Å². The van der Waals surface area contributed by atoms with E-state index in [9.17, 15) is 0 Å². The number of fused-ring (bicyclic) bond motifs is 3. The van der Waals surface area contributed by atoms with Crippen LogP contribution in [0.25, 0.3) is 11.1 Å². The van der Waals surface area contributed by atoms with Crippen LogP contribution in [0.1, 0.15) is 25.0 Å². The van der Waals surface area contributed by atoms with Crippen molar-refractivity contribution in [2.24, 2.45) is 0 Å². The molecule has 21 heavy (non-hydrogen) atoms. The molecule has 0 aromatic heterocycles. The second-order valence-corrected chi connectivity index (χ2v) is 6.35. The fourth-order valence-corrected chi connectivity index (χ4v) is 3.59. The predicted molar refractivity (Wildman–Crippen MR) is 87.9 cm³/mol.